The number of amides is 1. The Labute approximate surface area is 145 Å². The van der Waals surface area contributed by atoms with Crippen LogP contribution < -0.4 is 15.4 Å². The van der Waals surface area contributed by atoms with Crippen LogP contribution in [0.2, 0.25) is 0 Å². The zero-order chi connectivity index (χ0) is 15.9. The average molecular weight is 341 g/mol. The highest BCUT2D eigenvalue weighted by atomic mass is 35.5. The van der Waals surface area contributed by atoms with Gasteiger partial charge in [-0.2, -0.15) is 0 Å². The van der Waals surface area contributed by atoms with Gasteiger partial charge in [-0.1, -0.05) is 13.0 Å². The third-order valence-electron chi connectivity index (χ3n) is 4.41. The molecule has 1 unspecified atom stereocenters. The topological polar surface area (TPSA) is 50.4 Å². The Hall–Kier alpha value is -1.26. The van der Waals surface area contributed by atoms with Crippen molar-refractivity contribution in [3.8, 4) is 5.75 Å². The second-order valence-electron chi connectivity index (χ2n) is 6.25. The number of hydrogen-bond acceptors (Lipinski definition) is 3. The quantitative estimate of drug-likeness (QED) is 0.828. The molecule has 1 amide bonds. The maximum Gasteiger partial charge on any atom is 0.224 e. The van der Waals surface area contributed by atoms with E-state index in [2.05, 4.69) is 17.6 Å². The van der Waals surface area contributed by atoms with Crippen molar-refractivity contribution in [2.45, 2.75) is 40.0 Å². The number of piperidine rings is 1. The summed E-state index contributed by atoms with van der Waals surface area (Å²) in [5.74, 6) is 1.90. The highest BCUT2D eigenvalue weighted by molar-refractivity contribution is 5.92. The van der Waals surface area contributed by atoms with E-state index in [0.29, 0.717) is 24.9 Å². The Morgan fingerprint density at radius 2 is 2.09 bits per heavy atom. The van der Waals surface area contributed by atoms with Crippen molar-refractivity contribution < 1.29 is 9.53 Å². The number of benzene rings is 1. The molecule has 0 bridgehead atoms. The van der Waals surface area contributed by atoms with Gasteiger partial charge in [0.25, 0.3) is 0 Å². The van der Waals surface area contributed by atoms with Crippen molar-refractivity contribution in [3.63, 3.8) is 0 Å². The Balaban J connectivity index is 0.00000264. The van der Waals surface area contributed by atoms with E-state index in [1.165, 1.54) is 12.8 Å². The Bertz CT molecular complexity index is 502. The van der Waals surface area contributed by atoms with Crippen molar-refractivity contribution >= 4 is 24.0 Å². The first kappa shape index (κ1) is 19.8. The van der Waals surface area contributed by atoms with Gasteiger partial charge in [-0.25, -0.2) is 0 Å². The minimum Gasteiger partial charge on any atom is -0.492 e. The fourth-order valence-electron chi connectivity index (χ4n) is 3.08. The van der Waals surface area contributed by atoms with Gasteiger partial charge in [0, 0.05) is 6.42 Å². The second kappa shape index (κ2) is 9.78. The summed E-state index contributed by atoms with van der Waals surface area (Å²) in [6.45, 7) is 8.90. The van der Waals surface area contributed by atoms with Gasteiger partial charge in [-0.05, 0) is 69.3 Å². The predicted octanol–water partition coefficient (Wildman–Crippen LogP) is 3.78. The largest absolute Gasteiger partial charge is 0.492 e. The number of anilines is 1. The van der Waals surface area contributed by atoms with E-state index < -0.39 is 0 Å². The Kier molecular flexibility index (Phi) is 8.42. The number of aryl methyl sites for hydroxylation is 1. The molecular weight excluding hydrogens is 312 g/mol. The molecule has 1 saturated heterocycles. The highest BCUT2D eigenvalue weighted by Crippen LogP contribution is 2.28. The number of ether oxygens (including phenoxy) is 1. The molecule has 130 valence electrons. The number of nitrogens with one attached hydrogen (secondary N) is 2. The Morgan fingerprint density at radius 1 is 1.39 bits per heavy atom. The van der Waals surface area contributed by atoms with Crippen LogP contribution >= 0.6 is 12.4 Å². The van der Waals surface area contributed by atoms with Crippen LogP contribution in [0.4, 0.5) is 5.69 Å². The van der Waals surface area contributed by atoms with Gasteiger partial charge in [0.1, 0.15) is 5.75 Å². The van der Waals surface area contributed by atoms with E-state index in [0.717, 1.165) is 30.1 Å². The fraction of sp³-hybridized carbons (Fsp3) is 0.611. The molecule has 0 aliphatic carbocycles. The molecule has 1 aliphatic heterocycles. The standard InChI is InChI=1S/C18H28N2O2.ClH/c1-4-22-17-11-13(2)5-6-16(17)20-18(21)12-14(3)15-7-9-19-10-8-15;/h5-6,11,14-15,19H,4,7-10,12H2,1-3H3,(H,20,21);1H. The maximum absolute atomic E-state index is 12.3. The van der Waals surface area contributed by atoms with Crippen LogP contribution in [0, 0.1) is 18.8 Å². The molecule has 2 rings (SSSR count). The molecule has 1 heterocycles. The highest BCUT2D eigenvalue weighted by Gasteiger charge is 2.22. The summed E-state index contributed by atoms with van der Waals surface area (Å²) < 4.78 is 5.62. The average Bonchev–Trinajstić information content (AvgIpc) is 2.51. The summed E-state index contributed by atoms with van der Waals surface area (Å²) in [6.07, 6.45) is 2.91. The summed E-state index contributed by atoms with van der Waals surface area (Å²) in [6, 6.07) is 5.89. The van der Waals surface area contributed by atoms with E-state index in [-0.39, 0.29) is 18.3 Å². The van der Waals surface area contributed by atoms with E-state index in [1.807, 2.05) is 32.0 Å². The number of rotatable bonds is 6. The lowest BCUT2D eigenvalue weighted by molar-refractivity contribution is -0.117. The number of hydrogen-bond donors (Lipinski definition) is 2. The fourth-order valence-corrected chi connectivity index (χ4v) is 3.08. The van der Waals surface area contributed by atoms with Gasteiger partial charge >= 0.3 is 0 Å². The lowest BCUT2D eigenvalue weighted by Crippen LogP contribution is -2.32. The molecule has 4 nitrogen and oxygen atoms in total. The zero-order valence-corrected chi connectivity index (χ0v) is 15.2. The summed E-state index contributed by atoms with van der Waals surface area (Å²) in [7, 11) is 0. The zero-order valence-electron chi connectivity index (χ0n) is 14.4. The van der Waals surface area contributed by atoms with Crippen LogP contribution in [0.25, 0.3) is 0 Å². The second-order valence-corrected chi connectivity index (χ2v) is 6.25. The molecular formula is C18H29ClN2O2. The number of halogens is 1. The van der Waals surface area contributed by atoms with Gasteiger partial charge in [0.05, 0.1) is 12.3 Å². The molecule has 0 radical (unpaired) electrons. The van der Waals surface area contributed by atoms with E-state index >= 15 is 0 Å². The molecule has 1 aromatic carbocycles. The maximum atomic E-state index is 12.3. The van der Waals surface area contributed by atoms with Crippen LogP contribution in [-0.4, -0.2) is 25.6 Å². The lowest BCUT2D eigenvalue weighted by atomic mass is 9.84. The summed E-state index contributed by atoms with van der Waals surface area (Å²) in [5.41, 5.74) is 1.90. The summed E-state index contributed by atoms with van der Waals surface area (Å²) in [5, 5.41) is 6.39. The van der Waals surface area contributed by atoms with Crippen LogP contribution in [0.3, 0.4) is 0 Å². The van der Waals surface area contributed by atoms with E-state index in [1.54, 1.807) is 0 Å². The normalized spacial score (nSPS) is 16.3. The van der Waals surface area contributed by atoms with Crippen LogP contribution in [0.1, 0.15) is 38.7 Å². The van der Waals surface area contributed by atoms with Crippen molar-refractivity contribution in [1.82, 2.24) is 5.32 Å². The molecule has 5 heteroatoms. The van der Waals surface area contributed by atoms with Gasteiger partial charge < -0.3 is 15.4 Å². The predicted molar refractivity (Wildman–Crippen MR) is 97.6 cm³/mol. The van der Waals surface area contributed by atoms with Crippen molar-refractivity contribution in [2.24, 2.45) is 11.8 Å². The third-order valence-corrected chi connectivity index (χ3v) is 4.41. The Morgan fingerprint density at radius 3 is 2.74 bits per heavy atom. The van der Waals surface area contributed by atoms with Crippen LogP contribution in [0.15, 0.2) is 18.2 Å². The van der Waals surface area contributed by atoms with Crippen molar-refractivity contribution in [3.05, 3.63) is 23.8 Å². The molecule has 0 spiro atoms. The molecule has 1 aliphatic rings. The van der Waals surface area contributed by atoms with E-state index in [9.17, 15) is 4.79 Å². The first-order valence-corrected chi connectivity index (χ1v) is 8.34. The van der Waals surface area contributed by atoms with Crippen LogP contribution in [-0.2, 0) is 4.79 Å². The number of carbonyl (C=O) groups excluding carboxylic acids is 1. The minimum absolute atomic E-state index is 0. The SMILES string of the molecule is CCOc1cc(C)ccc1NC(=O)CC(C)C1CCNCC1.Cl. The van der Waals surface area contributed by atoms with Gasteiger partial charge in [-0.3, -0.25) is 4.79 Å². The van der Waals surface area contributed by atoms with Crippen molar-refractivity contribution in [2.75, 3.05) is 25.0 Å². The molecule has 0 saturated carbocycles. The first-order chi connectivity index (χ1) is 10.6. The summed E-state index contributed by atoms with van der Waals surface area (Å²) in [4.78, 5) is 12.3. The van der Waals surface area contributed by atoms with E-state index in [4.69, 9.17) is 4.74 Å². The van der Waals surface area contributed by atoms with Crippen molar-refractivity contribution in [1.29, 1.82) is 0 Å². The van der Waals surface area contributed by atoms with Crippen LogP contribution in [0.5, 0.6) is 5.75 Å². The van der Waals surface area contributed by atoms with Gasteiger partial charge in [0.15, 0.2) is 0 Å². The molecule has 23 heavy (non-hydrogen) atoms. The monoisotopic (exact) mass is 340 g/mol. The molecule has 1 fully saturated rings. The molecule has 1 aromatic rings. The van der Waals surface area contributed by atoms with Gasteiger partial charge in [0.2, 0.25) is 5.91 Å². The summed E-state index contributed by atoms with van der Waals surface area (Å²) >= 11 is 0. The lowest BCUT2D eigenvalue weighted by Gasteiger charge is -2.28. The molecule has 1 atom stereocenters. The molecule has 0 aromatic heterocycles. The first-order valence-electron chi connectivity index (χ1n) is 8.34. The minimum atomic E-state index is 0. The molecule has 2 N–H and O–H groups in total. The third kappa shape index (κ3) is 6.04. The number of carbonyl (C=O) groups is 1. The smallest absolute Gasteiger partial charge is 0.224 e. The van der Waals surface area contributed by atoms with Gasteiger partial charge in [-0.15, -0.1) is 12.4 Å².